The highest BCUT2D eigenvalue weighted by molar-refractivity contribution is 6.19. The Bertz CT molecular complexity index is 1070. The van der Waals surface area contributed by atoms with Gasteiger partial charge in [0.2, 0.25) is 0 Å². The van der Waals surface area contributed by atoms with Crippen LogP contribution in [0, 0.1) is 0 Å². The van der Waals surface area contributed by atoms with E-state index in [1.165, 1.54) is 6.92 Å². The maximum atomic E-state index is 13.1. The van der Waals surface area contributed by atoms with E-state index in [1.807, 2.05) is 49.4 Å². The minimum Gasteiger partial charge on any atom is -0.465 e. The lowest BCUT2D eigenvalue weighted by atomic mass is 9.99. The lowest BCUT2D eigenvalue weighted by Crippen LogP contribution is -2.60. The Morgan fingerprint density at radius 1 is 0.967 bits per heavy atom. The van der Waals surface area contributed by atoms with Crippen molar-refractivity contribution in [2.24, 2.45) is 0 Å². The lowest BCUT2D eigenvalue weighted by Gasteiger charge is -2.39. The van der Waals surface area contributed by atoms with E-state index in [0.29, 0.717) is 29.4 Å². The topological polar surface area (TPSA) is 67.9 Å². The molecule has 0 radical (unpaired) electrons. The van der Waals surface area contributed by atoms with Crippen LogP contribution in [0.15, 0.2) is 78.9 Å². The predicted molar refractivity (Wildman–Crippen MR) is 115 cm³/mol. The molecule has 1 aliphatic rings. The number of rotatable bonds is 5. The van der Waals surface area contributed by atoms with Crippen LogP contribution in [0.1, 0.15) is 13.8 Å². The number of carbonyl (C=O) groups excluding carboxylic acids is 2. The van der Waals surface area contributed by atoms with Gasteiger partial charge < -0.3 is 19.7 Å². The molecule has 1 heterocycles. The van der Waals surface area contributed by atoms with Gasteiger partial charge in [-0.1, -0.05) is 30.3 Å². The van der Waals surface area contributed by atoms with E-state index < -0.39 is 17.4 Å². The molecular weight excluding hydrogens is 380 g/mol. The fourth-order valence-electron chi connectivity index (χ4n) is 3.34. The van der Waals surface area contributed by atoms with Crippen molar-refractivity contribution in [2.45, 2.75) is 19.4 Å². The quantitative estimate of drug-likeness (QED) is 0.632. The summed E-state index contributed by atoms with van der Waals surface area (Å²) in [7, 11) is 0. The molecule has 0 aromatic heterocycles. The highest BCUT2D eigenvalue weighted by atomic mass is 16.5. The number of nitrogens with one attached hydrogen (secondary N) is 1. The predicted octanol–water partition coefficient (Wildman–Crippen LogP) is 4.62. The molecule has 1 aliphatic heterocycles. The Morgan fingerprint density at radius 2 is 1.60 bits per heavy atom. The normalized spacial score (nSPS) is 17.7. The summed E-state index contributed by atoms with van der Waals surface area (Å²) in [5, 5.41) is 2.78. The first-order valence-electron chi connectivity index (χ1n) is 9.75. The highest BCUT2D eigenvalue weighted by Crippen LogP contribution is 2.38. The van der Waals surface area contributed by atoms with E-state index in [0.717, 1.165) is 5.75 Å². The van der Waals surface area contributed by atoms with Gasteiger partial charge in [0.1, 0.15) is 17.2 Å². The van der Waals surface area contributed by atoms with Crippen LogP contribution in [-0.4, -0.2) is 24.0 Å². The van der Waals surface area contributed by atoms with Crippen LogP contribution in [0.5, 0.6) is 17.2 Å². The van der Waals surface area contributed by atoms with E-state index in [2.05, 4.69) is 5.32 Å². The zero-order chi connectivity index (χ0) is 21.1. The molecule has 3 aromatic carbocycles. The molecule has 2 amide bonds. The first kappa shape index (κ1) is 19.5. The number of hydrogen-bond acceptors (Lipinski definition) is 4. The maximum Gasteiger partial charge on any atom is 0.280 e. The molecule has 0 saturated carbocycles. The van der Waals surface area contributed by atoms with Gasteiger partial charge in [0, 0.05) is 12.2 Å². The third-order valence-electron chi connectivity index (χ3n) is 4.96. The number of anilines is 2. The van der Waals surface area contributed by atoms with Crippen LogP contribution in [-0.2, 0) is 9.59 Å². The number of carbonyl (C=O) groups is 2. The van der Waals surface area contributed by atoms with Gasteiger partial charge in [-0.05, 0) is 62.4 Å². The summed E-state index contributed by atoms with van der Waals surface area (Å²) in [6.45, 7) is 3.80. The third-order valence-corrected chi connectivity index (χ3v) is 4.96. The average molecular weight is 402 g/mol. The van der Waals surface area contributed by atoms with Gasteiger partial charge in [0.25, 0.3) is 17.4 Å². The Kier molecular flexibility index (Phi) is 5.14. The summed E-state index contributed by atoms with van der Waals surface area (Å²) in [4.78, 5) is 27.6. The first-order valence-corrected chi connectivity index (χ1v) is 9.75. The van der Waals surface area contributed by atoms with Gasteiger partial charge in [-0.25, -0.2) is 0 Å². The molecule has 1 atom stereocenters. The number of amides is 2. The molecule has 1 unspecified atom stereocenters. The zero-order valence-electron chi connectivity index (χ0n) is 16.8. The molecule has 30 heavy (non-hydrogen) atoms. The maximum absolute atomic E-state index is 13.1. The van der Waals surface area contributed by atoms with Crippen LogP contribution in [0.25, 0.3) is 0 Å². The molecular formula is C24H22N2O4. The van der Waals surface area contributed by atoms with Gasteiger partial charge in [-0.2, -0.15) is 0 Å². The standard InChI is InChI=1S/C24H22N2O4/c1-3-26-20-11-7-8-12-21(20)30-24(2,23(26)28)22(27)25-17-13-15-19(16-14-17)29-18-9-5-4-6-10-18/h4-16H,3H2,1-2H3,(H,25,27). The highest BCUT2D eigenvalue weighted by Gasteiger charge is 2.50. The van der Waals surface area contributed by atoms with Crippen molar-refractivity contribution in [1.82, 2.24) is 0 Å². The van der Waals surface area contributed by atoms with E-state index >= 15 is 0 Å². The summed E-state index contributed by atoms with van der Waals surface area (Å²) in [5.41, 5.74) is -0.457. The van der Waals surface area contributed by atoms with Gasteiger partial charge in [-0.3, -0.25) is 9.59 Å². The minimum absolute atomic E-state index is 0.398. The van der Waals surface area contributed by atoms with E-state index in [9.17, 15) is 9.59 Å². The van der Waals surface area contributed by atoms with Crippen molar-refractivity contribution in [2.75, 3.05) is 16.8 Å². The second-order valence-corrected chi connectivity index (χ2v) is 7.05. The largest absolute Gasteiger partial charge is 0.465 e. The van der Waals surface area contributed by atoms with Crippen LogP contribution < -0.4 is 19.7 Å². The van der Waals surface area contributed by atoms with Crippen LogP contribution in [0.2, 0.25) is 0 Å². The minimum atomic E-state index is -1.66. The van der Waals surface area contributed by atoms with Crippen molar-refractivity contribution in [3.63, 3.8) is 0 Å². The first-order chi connectivity index (χ1) is 14.5. The average Bonchev–Trinajstić information content (AvgIpc) is 2.77. The number of likely N-dealkylation sites (N-methyl/N-ethyl adjacent to an activating group) is 1. The lowest BCUT2D eigenvalue weighted by molar-refractivity contribution is -0.145. The fraction of sp³-hybridized carbons (Fsp3) is 0.167. The molecule has 0 fully saturated rings. The summed E-state index contributed by atoms with van der Waals surface area (Å²) in [5.74, 6) is 0.938. The number of benzene rings is 3. The fourth-order valence-corrected chi connectivity index (χ4v) is 3.34. The second kappa shape index (κ2) is 7.91. The molecule has 152 valence electrons. The molecule has 3 aromatic rings. The SMILES string of the molecule is CCN1C(=O)C(C)(C(=O)Nc2ccc(Oc3ccccc3)cc2)Oc2ccccc21. The van der Waals surface area contributed by atoms with Gasteiger partial charge in [0.05, 0.1) is 5.69 Å². The summed E-state index contributed by atoms with van der Waals surface area (Å²) >= 11 is 0. The smallest absolute Gasteiger partial charge is 0.280 e. The number of para-hydroxylation sites is 3. The Morgan fingerprint density at radius 3 is 2.30 bits per heavy atom. The van der Waals surface area contributed by atoms with Crippen LogP contribution >= 0.6 is 0 Å². The third kappa shape index (κ3) is 3.59. The summed E-state index contributed by atoms with van der Waals surface area (Å²) in [6, 6.07) is 23.6. The zero-order valence-corrected chi connectivity index (χ0v) is 16.8. The van der Waals surface area contributed by atoms with E-state index in [1.54, 1.807) is 41.3 Å². The van der Waals surface area contributed by atoms with Crippen LogP contribution in [0.3, 0.4) is 0 Å². The monoisotopic (exact) mass is 402 g/mol. The van der Waals surface area contributed by atoms with Crippen LogP contribution in [0.4, 0.5) is 11.4 Å². The van der Waals surface area contributed by atoms with Crippen molar-refractivity contribution in [3.8, 4) is 17.2 Å². The second-order valence-electron chi connectivity index (χ2n) is 7.05. The Labute approximate surface area is 175 Å². The van der Waals surface area contributed by atoms with Gasteiger partial charge >= 0.3 is 0 Å². The summed E-state index contributed by atoms with van der Waals surface area (Å²) < 4.78 is 11.6. The molecule has 6 heteroatoms. The number of nitrogens with zero attached hydrogens (tertiary/aromatic N) is 1. The molecule has 0 spiro atoms. The molecule has 6 nitrogen and oxygen atoms in total. The van der Waals surface area contributed by atoms with E-state index in [4.69, 9.17) is 9.47 Å². The Balaban J connectivity index is 1.51. The van der Waals surface area contributed by atoms with Gasteiger partial charge in [0.15, 0.2) is 0 Å². The molecule has 1 N–H and O–H groups in total. The molecule has 4 rings (SSSR count). The number of fused-ring (bicyclic) bond motifs is 1. The molecule has 0 aliphatic carbocycles. The van der Waals surface area contributed by atoms with Gasteiger partial charge in [-0.15, -0.1) is 0 Å². The summed E-state index contributed by atoms with van der Waals surface area (Å²) in [6.07, 6.45) is 0. The van der Waals surface area contributed by atoms with E-state index in [-0.39, 0.29) is 0 Å². The van der Waals surface area contributed by atoms with Crippen molar-refractivity contribution in [3.05, 3.63) is 78.9 Å². The number of hydrogen-bond donors (Lipinski definition) is 1. The molecule has 0 bridgehead atoms. The number of ether oxygens (including phenoxy) is 2. The Hall–Kier alpha value is -3.80. The van der Waals surface area contributed by atoms with Crippen molar-refractivity contribution >= 4 is 23.2 Å². The molecule has 0 saturated heterocycles. The van der Waals surface area contributed by atoms with Crippen molar-refractivity contribution in [1.29, 1.82) is 0 Å². The van der Waals surface area contributed by atoms with Crippen molar-refractivity contribution < 1.29 is 19.1 Å².